The minimum Gasteiger partial charge on any atom is -0.493 e. The Balaban J connectivity index is 0.000000136. The van der Waals surface area contributed by atoms with Crippen molar-refractivity contribution in [2.24, 2.45) is 0 Å². The fourth-order valence-corrected chi connectivity index (χ4v) is 5.65. The Morgan fingerprint density at radius 2 is 0.700 bits per heavy atom. The maximum Gasteiger partial charge on any atom is 0.281 e. The van der Waals surface area contributed by atoms with Crippen molar-refractivity contribution in [2.75, 3.05) is 19.8 Å². The molecule has 21 nitrogen and oxygen atoms in total. The second-order valence-electron chi connectivity index (χ2n) is 12.8. The third-order valence-electron chi connectivity index (χ3n) is 8.39. The highest BCUT2D eigenvalue weighted by Gasteiger charge is 2.15. The number of hydrogen-bond donors (Lipinski definition) is 6. The molecule has 0 aliphatic heterocycles. The van der Waals surface area contributed by atoms with E-state index in [-0.39, 0.29) is 50.2 Å². The number of aromatic amines is 6. The molecule has 9 rings (SSSR count). The first-order valence-corrected chi connectivity index (χ1v) is 19.0. The summed E-state index contributed by atoms with van der Waals surface area (Å²) < 4.78 is 17.0. The van der Waals surface area contributed by atoms with Gasteiger partial charge >= 0.3 is 0 Å². The zero-order valence-electron chi connectivity index (χ0n) is 32.6. The number of benzene rings is 3. The standard InChI is InChI=1S/3C13H13N5O2/c3*1-2-7-20-9-6-4-3-5-8(9)11-14-12-10(13(19)15-11)16-18-17-12/h3*3-6H,2,7H2,1H3,(H2,14,15,16,17,18,19). The molecule has 6 N–H and O–H groups in total. The van der Waals surface area contributed by atoms with Gasteiger partial charge in [0.25, 0.3) is 16.7 Å². The van der Waals surface area contributed by atoms with Gasteiger partial charge in [0, 0.05) is 0 Å². The molecule has 306 valence electrons. The Labute approximate surface area is 338 Å². The topological polar surface area (TPSA) is 290 Å². The number of H-pyrrole nitrogens is 6. The van der Waals surface area contributed by atoms with Gasteiger partial charge in [-0.1, -0.05) is 57.2 Å². The number of ether oxygens (including phenoxy) is 3. The van der Waals surface area contributed by atoms with Crippen molar-refractivity contribution in [3.63, 3.8) is 0 Å². The number of nitrogens with one attached hydrogen (secondary N) is 6. The van der Waals surface area contributed by atoms with Gasteiger partial charge in [0.05, 0.1) is 36.5 Å². The van der Waals surface area contributed by atoms with Gasteiger partial charge in [-0.2, -0.15) is 15.6 Å². The predicted molar refractivity (Wildman–Crippen MR) is 221 cm³/mol. The van der Waals surface area contributed by atoms with Crippen LogP contribution in [0.3, 0.4) is 0 Å². The minimum absolute atomic E-state index is 0.195. The van der Waals surface area contributed by atoms with Gasteiger partial charge in [0.1, 0.15) is 34.7 Å². The van der Waals surface area contributed by atoms with Crippen LogP contribution in [0.15, 0.2) is 87.2 Å². The fraction of sp³-hybridized carbons (Fsp3) is 0.231. The van der Waals surface area contributed by atoms with Gasteiger partial charge in [-0.05, 0) is 55.7 Å². The summed E-state index contributed by atoms with van der Waals surface area (Å²) in [7, 11) is 0. The summed E-state index contributed by atoms with van der Waals surface area (Å²) >= 11 is 0. The first-order valence-electron chi connectivity index (χ1n) is 19.0. The minimum atomic E-state index is -0.330. The molecule has 0 radical (unpaired) electrons. The van der Waals surface area contributed by atoms with Gasteiger partial charge in [0.2, 0.25) is 16.9 Å². The normalized spacial score (nSPS) is 10.8. The molecule has 0 fully saturated rings. The lowest BCUT2D eigenvalue weighted by molar-refractivity contribution is 0.318. The van der Waals surface area contributed by atoms with E-state index >= 15 is 0 Å². The summed E-state index contributed by atoms with van der Waals surface area (Å²) in [5.41, 5.74) is 2.63. The molecule has 3 aromatic carbocycles. The molecule has 0 saturated carbocycles. The van der Waals surface area contributed by atoms with E-state index in [9.17, 15) is 14.4 Å². The molecule has 60 heavy (non-hydrogen) atoms. The lowest BCUT2D eigenvalue weighted by atomic mass is 10.2. The zero-order chi connectivity index (χ0) is 41.8. The number of nitrogens with zero attached hydrogens (tertiary/aromatic N) is 9. The largest absolute Gasteiger partial charge is 0.493 e. The average molecular weight is 814 g/mol. The maximum absolute atomic E-state index is 11.9. The third-order valence-corrected chi connectivity index (χ3v) is 8.39. The van der Waals surface area contributed by atoms with E-state index in [1.807, 2.05) is 93.6 Å². The molecule has 0 bridgehead atoms. The summed E-state index contributed by atoms with van der Waals surface area (Å²) in [5, 5.41) is 30.0. The van der Waals surface area contributed by atoms with E-state index in [2.05, 4.69) is 76.1 Å². The molecule has 0 saturated heterocycles. The smallest absolute Gasteiger partial charge is 0.281 e. The quantitative estimate of drug-likeness (QED) is 0.0990. The summed E-state index contributed by atoms with van der Waals surface area (Å²) in [4.78, 5) is 56.7. The van der Waals surface area contributed by atoms with Crippen LogP contribution < -0.4 is 30.9 Å². The Bertz CT molecular complexity index is 2700. The van der Waals surface area contributed by atoms with Crippen LogP contribution in [0, 0.1) is 0 Å². The van der Waals surface area contributed by atoms with Crippen molar-refractivity contribution in [3.8, 4) is 51.4 Å². The molecule has 0 aliphatic carbocycles. The van der Waals surface area contributed by atoms with Gasteiger partial charge < -0.3 is 29.2 Å². The third kappa shape index (κ3) is 9.04. The highest BCUT2D eigenvalue weighted by molar-refractivity contribution is 5.75. The molecule has 9 aromatic rings. The Morgan fingerprint density at radius 1 is 0.417 bits per heavy atom. The van der Waals surface area contributed by atoms with E-state index in [0.717, 1.165) is 36.0 Å². The van der Waals surface area contributed by atoms with E-state index in [1.165, 1.54) is 0 Å². The van der Waals surface area contributed by atoms with Gasteiger partial charge in [0.15, 0.2) is 16.6 Å². The van der Waals surface area contributed by atoms with Gasteiger partial charge in [-0.25, -0.2) is 15.0 Å². The number of hydrogen-bond acceptors (Lipinski definition) is 15. The Hall–Kier alpha value is -8.10. The average Bonchev–Trinajstić information content (AvgIpc) is 4.07. The molecule has 0 atom stereocenters. The molecular weight excluding hydrogens is 775 g/mol. The van der Waals surface area contributed by atoms with E-state index in [4.69, 9.17) is 14.2 Å². The highest BCUT2D eigenvalue weighted by atomic mass is 16.5. The molecule has 6 heterocycles. The van der Waals surface area contributed by atoms with Crippen LogP contribution in [-0.2, 0) is 0 Å². The van der Waals surface area contributed by atoms with Crippen LogP contribution in [0.1, 0.15) is 40.0 Å². The van der Waals surface area contributed by atoms with Crippen LogP contribution in [0.5, 0.6) is 17.2 Å². The Kier molecular flexibility index (Phi) is 12.6. The first kappa shape index (κ1) is 40.1. The van der Waals surface area contributed by atoms with E-state index in [0.29, 0.717) is 54.5 Å². The lowest BCUT2D eigenvalue weighted by Gasteiger charge is -2.09. The molecule has 0 unspecified atom stereocenters. The zero-order valence-corrected chi connectivity index (χ0v) is 32.6. The first-order chi connectivity index (χ1) is 29.4. The molecule has 0 amide bonds. The van der Waals surface area contributed by atoms with Crippen molar-refractivity contribution in [1.29, 1.82) is 0 Å². The summed E-state index contributed by atoms with van der Waals surface area (Å²) in [6, 6.07) is 22.3. The van der Waals surface area contributed by atoms with Crippen LogP contribution in [0.25, 0.3) is 67.7 Å². The van der Waals surface area contributed by atoms with Crippen molar-refractivity contribution in [1.82, 2.24) is 76.1 Å². The van der Waals surface area contributed by atoms with E-state index < -0.39 is 0 Å². The van der Waals surface area contributed by atoms with Crippen LogP contribution in [-0.4, -0.2) is 96.0 Å². The fourth-order valence-electron chi connectivity index (χ4n) is 5.65. The number of aromatic nitrogens is 15. The van der Waals surface area contributed by atoms with Gasteiger partial charge in [-0.3, -0.25) is 14.4 Å². The van der Waals surface area contributed by atoms with Crippen molar-refractivity contribution in [2.45, 2.75) is 40.0 Å². The monoisotopic (exact) mass is 813 g/mol. The molecule has 21 heteroatoms. The summed E-state index contributed by atoms with van der Waals surface area (Å²) in [5.74, 6) is 3.30. The van der Waals surface area contributed by atoms with Crippen LogP contribution in [0.4, 0.5) is 0 Å². The van der Waals surface area contributed by atoms with Crippen LogP contribution >= 0.6 is 0 Å². The number of fused-ring (bicyclic) bond motifs is 3. The van der Waals surface area contributed by atoms with Crippen molar-refractivity contribution < 1.29 is 14.2 Å². The van der Waals surface area contributed by atoms with Gasteiger partial charge in [-0.15, -0.1) is 30.6 Å². The number of rotatable bonds is 12. The maximum atomic E-state index is 11.9. The molecule has 0 aliphatic rings. The second kappa shape index (κ2) is 18.9. The molecular formula is C39H39N15O6. The highest BCUT2D eigenvalue weighted by Crippen LogP contribution is 2.29. The Morgan fingerprint density at radius 3 is 0.983 bits per heavy atom. The summed E-state index contributed by atoms with van der Waals surface area (Å²) in [6.07, 6.45) is 2.71. The SMILES string of the molecule is CCCOc1ccccc1-c1nc2n[nH]nc2c(=O)[nH]1.CCCOc1ccccc1-c1nc2n[nH]nc2c(=O)[nH]1.CCCOc1ccccc1-c1nc2n[nH]nc2c(=O)[nH]1. The lowest BCUT2D eigenvalue weighted by Crippen LogP contribution is -2.10. The summed E-state index contributed by atoms with van der Waals surface area (Å²) in [6.45, 7) is 7.91. The van der Waals surface area contributed by atoms with E-state index in [1.54, 1.807) is 0 Å². The number of para-hydroxylation sites is 3. The van der Waals surface area contributed by atoms with Crippen LogP contribution in [0.2, 0.25) is 0 Å². The molecule has 6 aromatic heterocycles. The van der Waals surface area contributed by atoms with Crippen molar-refractivity contribution >= 4 is 33.5 Å². The second-order valence-corrected chi connectivity index (χ2v) is 12.8. The molecule has 0 spiro atoms. The van der Waals surface area contributed by atoms with Crippen molar-refractivity contribution in [3.05, 3.63) is 104 Å². The predicted octanol–water partition coefficient (Wildman–Crippen LogP) is 4.49.